The zero-order valence-electron chi connectivity index (χ0n) is 14.4. The van der Waals surface area contributed by atoms with Gasteiger partial charge in [-0.2, -0.15) is 5.10 Å². The molecule has 2 aromatic carbocycles. The second-order valence-electron chi connectivity index (χ2n) is 5.57. The van der Waals surface area contributed by atoms with E-state index in [1.165, 1.54) is 7.11 Å². The number of methoxy groups -OCH3 is 1. The second-order valence-corrected chi connectivity index (χ2v) is 6.38. The van der Waals surface area contributed by atoms with Gasteiger partial charge in [0.1, 0.15) is 11.5 Å². The molecular weight excluding hydrogens is 387 g/mol. The van der Waals surface area contributed by atoms with E-state index in [0.29, 0.717) is 33.7 Å². The maximum absolute atomic E-state index is 11.6. The molecule has 0 amide bonds. The molecule has 0 aliphatic carbocycles. The molecule has 0 fully saturated rings. The molecule has 138 valence electrons. The van der Waals surface area contributed by atoms with E-state index in [1.54, 1.807) is 48.7 Å². The van der Waals surface area contributed by atoms with E-state index in [9.17, 15) is 4.79 Å². The molecule has 0 spiro atoms. The Hall–Kier alpha value is -2.76. The Balaban J connectivity index is 1.66. The molecule has 0 aliphatic rings. The molecule has 27 heavy (non-hydrogen) atoms. The first-order valence-corrected chi connectivity index (χ1v) is 8.81. The van der Waals surface area contributed by atoms with Crippen LogP contribution in [-0.2, 0) is 11.3 Å². The number of carbonyl (C=O) groups is 1. The SMILES string of the molecule is COC(=O)c1cccc(-c2ccc(/C=N\NCc3c(Cl)cccc3Cl)o2)c1. The van der Waals surface area contributed by atoms with E-state index in [4.69, 9.17) is 32.4 Å². The van der Waals surface area contributed by atoms with Crippen molar-refractivity contribution in [3.05, 3.63) is 81.5 Å². The van der Waals surface area contributed by atoms with Crippen molar-refractivity contribution in [1.29, 1.82) is 0 Å². The monoisotopic (exact) mass is 402 g/mol. The Labute approximate surface area is 166 Å². The lowest BCUT2D eigenvalue weighted by molar-refractivity contribution is 0.0601. The summed E-state index contributed by atoms with van der Waals surface area (Å²) in [6.07, 6.45) is 1.55. The third-order valence-electron chi connectivity index (χ3n) is 3.80. The molecule has 5 nitrogen and oxygen atoms in total. The van der Waals surface area contributed by atoms with Gasteiger partial charge in [0.2, 0.25) is 0 Å². The highest BCUT2D eigenvalue weighted by molar-refractivity contribution is 6.35. The number of halogens is 2. The molecule has 7 heteroatoms. The van der Waals surface area contributed by atoms with Crippen LogP contribution in [0.15, 0.2) is 64.1 Å². The zero-order valence-corrected chi connectivity index (χ0v) is 15.9. The van der Waals surface area contributed by atoms with E-state index >= 15 is 0 Å². The van der Waals surface area contributed by atoms with E-state index in [-0.39, 0.29) is 0 Å². The Morgan fingerprint density at radius 2 is 1.89 bits per heavy atom. The first-order chi connectivity index (χ1) is 13.1. The molecule has 3 rings (SSSR count). The molecule has 0 radical (unpaired) electrons. The molecule has 0 saturated heterocycles. The Morgan fingerprint density at radius 3 is 2.63 bits per heavy atom. The van der Waals surface area contributed by atoms with E-state index < -0.39 is 5.97 Å². The third kappa shape index (κ3) is 4.70. The largest absolute Gasteiger partial charge is 0.465 e. The molecular formula is C20H16Cl2N2O3. The normalized spacial score (nSPS) is 10.9. The molecule has 1 aromatic heterocycles. The van der Waals surface area contributed by atoms with Gasteiger partial charge in [-0.1, -0.05) is 41.4 Å². The fourth-order valence-corrected chi connectivity index (χ4v) is 2.96. The molecule has 3 aromatic rings. The second kappa shape index (κ2) is 8.75. The number of esters is 1. The van der Waals surface area contributed by atoms with E-state index in [2.05, 4.69) is 10.5 Å². The maximum Gasteiger partial charge on any atom is 0.337 e. The first-order valence-electron chi connectivity index (χ1n) is 8.06. The van der Waals surface area contributed by atoms with Gasteiger partial charge < -0.3 is 14.6 Å². The van der Waals surface area contributed by atoms with Crippen molar-refractivity contribution >= 4 is 35.4 Å². The number of carbonyl (C=O) groups excluding carboxylic acids is 1. The van der Waals surface area contributed by atoms with Crippen molar-refractivity contribution in [2.45, 2.75) is 6.54 Å². The van der Waals surface area contributed by atoms with Crippen molar-refractivity contribution < 1.29 is 13.9 Å². The Morgan fingerprint density at radius 1 is 1.15 bits per heavy atom. The van der Waals surface area contributed by atoms with Crippen molar-refractivity contribution in [2.24, 2.45) is 5.10 Å². The first kappa shape index (κ1) is 19.0. The average Bonchev–Trinajstić information content (AvgIpc) is 3.15. The minimum Gasteiger partial charge on any atom is -0.465 e. The van der Waals surface area contributed by atoms with Crippen LogP contribution in [0.5, 0.6) is 0 Å². The van der Waals surface area contributed by atoms with Crippen molar-refractivity contribution in [3.63, 3.8) is 0 Å². The summed E-state index contributed by atoms with van der Waals surface area (Å²) in [5.41, 5.74) is 4.90. The highest BCUT2D eigenvalue weighted by atomic mass is 35.5. The van der Waals surface area contributed by atoms with Gasteiger partial charge in [-0.15, -0.1) is 0 Å². The Bertz CT molecular complexity index is 963. The number of nitrogens with zero attached hydrogens (tertiary/aromatic N) is 1. The number of hydrogen-bond donors (Lipinski definition) is 1. The van der Waals surface area contributed by atoms with Crippen molar-refractivity contribution in [1.82, 2.24) is 5.43 Å². The van der Waals surface area contributed by atoms with Gasteiger partial charge in [-0.25, -0.2) is 4.79 Å². The van der Waals surface area contributed by atoms with Gasteiger partial charge in [0, 0.05) is 21.2 Å². The summed E-state index contributed by atoms with van der Waals surface area (Å²) in [6.45, 7) is 0.393. The number of hydrogen-bond acceptors (Lipinski definition) is 5. The van der Waals surface area contributed by atoms with Crippen LogP contribution in [0.4, 0.5) is 0 Å². The molecule has 0 saturated carbocycles. The molecule has 0 atom stereocenters. The van der Waals surface area contributed by atoms with Crippen LogP contribution in [0, 0.1) is 0 Å². The number of nitrogens with one attached hydrogen (secondary N) is 1. The lowest BCUT2D eigenvalue weighted by Crippen LogP contribution is -2.06. The average molecular weight is 403 g/mol. The number of benzene rings is 2. The predicted molar refractivity (Wildman–Crippen MR) is 106 cm³/mol. The quantitative estimate of drug-likeness (QED) is 0.351. The summed E-state index contributed by atoms with van der Waals surface area (Å²) in [5.74, 6) is 0.787. The highest BCUT2D eigenvalue weighted by Gasteiger charge is 2.09. The standard InChI is InChI=1S/C20H16Cl2N2O3/c1-26-20(25)14-5-2-4-13(10-14)19-9-8-15(27-19)11-23-24-12-16-17(21)6-3-7-18(16)22/h2-11,24H,12H2,1H3/b23-11-. The fourth-order valence-electron chi connectivity index (χ4n) is 2.43. The van der Waals surface area contributed by atoms with Crippen molar-refractivity contribution in [3.8, 4) is 11.3 Å². The fraction of sp³-hybridized carbons (Fsp3) is 0.100. The van der Waals surface area contributed by atoms with Gasteiger partial charge in [0.05, 0.1) is 25.4 Å². The summed E-state index contributed by atoms with van der Waals surface area (Å²) in [4.78, 5) is 11.6. The van der Waals surface area contributed by atoms with Crippen LogP contribution in [0.2, 0.25) is 10.0 Å². The smallest absolute Gasteiger partial charge is 0.337 e. The van der Waals surface area contributed by atoms with Gasteiger partial charge in [0.15, 0.2) is 0 Å². The van der Waals surface area contributed by atoms with E-state index in [1.807, 2.05) is 12.1 Å². The van der Waals surface area contributed by atoms with Gasteiger partial charge >= 0.3 is 5.97 Å². The minimum atomic E-state index is -0.396. The summed E-state index contributed by atoms with van der Waals surface area (Å²) >= 11 is 12.2. The lowest BCUT2D eigenvalue weighted by Gasteiger charge is -2.05. The zero-order chi connectivity index (χ0) is 19.2. The molecule has 0 aliphatic heterocycles. The van der Waals surface area contributed by atoms with Crippen molar-refractivity contribution in [2.75, 3.05) is 7.11 Å². The third-order valence-corrected chi connectivity index (χ3v) is 4.50. The van der Waals surface area contributed by atoms with Crippen LogP contribution in [0.25, 0.3) is 11.3 Å². The highest BCUT2D eigenvalue weighted by Crippen LogP contribution is 2.24. The number of furan rings is 1. The van der Waals surface area contributed by atoms with Gasteiger partial charge in [0.25, 0.3) is 0 Å². The summed E-state index contributed by atoms with van der Waals surface area (Å²) in [5, 5.41) is 5.28. The number of hydrazone groups is 1. The molecule has 1 N–H and O–H groups in total. The molecule has 1 heterocycles. The van der Waals surface area contributed by atoms with Crippen LogP contribution in [0.3, 0.4) is 0 Å². The van der Waals surface area contributed by atoms with Crippen LogP contribution in [-0.4, -0.2) is 19.3 Å². The molecule has 0 unspecified atom stereocenters. The van der Waals surface area contributed by atoms with Crippen LogP contribution >= 0.6 is 23.2 Å². The van der Waals surface area contributed by atoms with Crippen LogP contribution in [0.1, 0.15) is 21.7 Å². The molecule has 0 bridgehead atoms. The lowest BCUT2D eigenvalue weighted by atomic mass is 10.1. The summed E-state index contributed by atoms with van der Waals surface area (Å²) < 4.78 is 10.5. The predicted octanol–water partition coefficient (Wildman–Crippen LogP) is 5.16. The van der Waals surface area contributed by atoms with Gasteiger partial charge in [-0.05, 0) is 36.4 Å². The topological polar surface area (TPSA) is 63.8 Å². The van der Waals surface area contributed by atoms with Crippen LogP contribution < -0.4 is 5.43 Å². The Kier molecular flexibility index (Phi) is 6.16. The van der Waals surface area contributed by atoms with E-state index in [0.717, 1.165) is 11.1 Å². The summed E-state index contributed by atoms with van der Waals surface area (Å²) in [7, 11) is 1.35. The number of rotatable bonds is 6. The number of ether oxygens (including phenoxy) is 1. The van der Waals surface area contributed by atoms with Gasteiger partial charge in [-0.3, -0.25) is 0 Å². The maximum atomic E-state index is 11.6. The summed E-state index contributed by atoms with van der Waals surface area (Å²) in [6, 6.07) is 15.9. The minimum absolute atomic E-state index is 0.393.